The number of benzene rings is 1. The maximum atomic E-state index is 6.20. The van der Waals surface area contributed by atoms with Crippen molar-refractivity contribution in [2.24, 2.45) is 5.73 Å². The smallest absolute Gasteiger partial charge is 0.137 e. The second-order valence-electron chi connectivity index (χ2n) is 5.14. The summed E-state index contributed by atoms with van der Waals surface area (Å²) in [5.41, 5.74) is 7.00. The molecule has 0 saturated carbocycles. The lowest BCUT2D eigenvalue weighted by Gasteiger charge is -2.22. The first kappa shape index (κ1) is 14.8. The molecule has 0 bridgehead atoms. The number of hydrogen-bond donors (Lipinski definition) is 1. The van der Waals surface area contributed by atoms with Gasteiger partial charge in [-0.05, 0) is 49.2 Å². The molecule has 0 spiro atoms. The second kappa shape index (κ2) is 6.26. The summed E-state index contributed by atoms with van der Waals surface area (Å²) in [5.74, 6) is 0.755. The Bertz CT molecular complexity index is 443. The molecule has 3 nitrogen and oxygen atoms in total. The molecule has 0 aliphatic carbocycles. The maximum Gasteiger partial charge on any atom is 0.137 e. The van der Waals surface area contributed by atoms with Gasteiger partial charge in [0.1, 0.15) is 5.75 Å². The molecule has 1 aliphatic rings. The molecule has 1 atom stereocenters. The summed E-state index contributed by atoms with van der Waals surface area (Å²) in [6.07, 6.45) is 1.09. The van der Waals surface area contributed by atoms with Crippen LogP contribution in [0.3, 0.4) is 0 Å². The van der Waals surface area contributed by atoms with E-state index < -0.39 is 0 Å². The van der Waals surface area contributed by atoms with Crippen LogP contribution < -0.4 is 10.5 Å². The van der Waals surface area contributed by atoms with Gasteiger partial charge in [0.15, 0.2) is 0 Å². The van der Waals surface area contributed by atoms with Gasteiger partial charge in [-0.3, -0.25) is 4.90 Å². The highest BCUT2D eigenvalue weighted by Gasteiger charge is 2.32. The minimum absolute atomic E-state index is 0.0784. The van der Waals surface area contributed by atoms with Gasteiger partial charge in [-0.1, -0.05) is 17.7 Å². The zero-order valence-electron chi connectivity index (χ0n) is 11.3. The Hall–Kier alpha value is -0.553. The SMILES string of the molecule is CCOc1ccc(CN2CC[C@@]([Si])(CN)C2)cc1Cl. The number of hydrogen-bond acceptors (Lipinski definition) is 3. The summed E-state index contributed by atoms with van der Waals surface area (Å²) in [7, 11) is 3.79. The summed E-state index contributed by atoms with van der Waals surface area (Å²) >= 11 is 6.20. The molecule has 5 heteroatoms. The van der Waals surface area contributed by atoms with Crippen LogP contribution in [0.4, 0.5) is 0 Å². The average molecular weight is 296 g/mol. The molecule has 1 aromatic carbocycles. The Balaban J connectivity index is 1.99. The van der Waals surface area contributed by atoms with Crippen molar-refractivity contribution in [3.63, 3.8) is 0 Å². The van der Waals surface area contributed by atoms with Gasteiger partial charge in [0.25, 0.3) is 0 Å². The summed E-state index contributed by atoms with van der Waals surface area (Å²) in [6, 6.07) is 6.01. The molecule has 1 fully saturated rings. The molecule has 1 aliphatic heterocycles. The number of likely N-dealkylation sites (tertiary alicyclic amines) is 1. The van der Waals surface area contributed by atoms with Crippen molar-refractivity contribution in [3.05, 3.63) is 28.8 Å². The van der Waals surface area contributed by atoms with E-state index in [-0.39, 0.29) is 5.04 Å². The molecule has 2 N–H and O–H groups in total. The molecule has 1 saturated heterocycles. The van der Waals surface area contributed by atoms with Gasteiger partial charge >= 0.3 is 0 Å². The molecule has 0 unspecified atom stereocenters. The minimum atomic E-state index is 0.0784. The second-order valence-corrected chi connectivity index (χ2v) is 6.61. The van der Waals surface area contributed by atoms with E-state index in [0.717, 1.165) is 31.8 Å². The van der Waals surface area contributed by atoms with E-state index >= 15 is 0 Å². The van der Waals surface area contributed by atoms with Crippen molar-refractivity contribution in [2.75, 3.05) is 26.2 Å². The monoisotopic (exact) mass is 295 g/mol. The van der Waals surface area contributed by atoms with Crippen LogP contribution >= 0.6 is 11.6 Å². The molecular formula is C14H20ClN2OSi. The van der Waals surface area contributed by atoms with E-state index in [1.807, 2.05) is 19.1 Å². The topological polar surface area (TPSA) is 38.5 Å². The van der Waals surface area contributed by atoms with Gasteiger partial charge in [-0.25, -0.2) is 0 Å². The zero-order chi connectivity index (χ0) is 13.9. The normalized spacial score (nSPS) is 23.8. The minimum Gasteiger partial charge on any atom is -0.492 e. The molecule has 3 radical (unpaired) electrons. The van der Waals surface area contributed by atoms with Crippen molar-refractivity contribution >= 4 is 21.8 Å². The third-order valence-electron chi connectivity index (χ3n) is 3.53. The number of nitrogens with two attached hydrogens (primary N) is 1. The summed E-state index contributed by atoms with van der Waals surface area (Å²) in [4.78, 5) is 2.39. The molecule has 1 heterocycles. The van der Waals surface area contributed by atoms with Crippen LogP contribution in [-0.4, -0.2) is 41.4 Å². The number of ether oxygens (including phenoxy) is 1. The highest BCUT2D eigenvalue weighted by atomic mass is 35.5. The van der Waals surface area contributed by atoms with Crippen molar-refractivity contribution in [3.8, 4) is 5.75 Å². The quantitative estimate of drug-likeness (QED) is 0.847. The molecular weight excluding hydrogens is 276 g/mol. The predicted molar refractivity (Wildman–Crippen MR) is 80.0 cm³/mol. The van der Waals surface area contributed by atoms with Crippen LogP contribution in [0.15, 0.2) is 18.2 Å². The van der Waals surface area contributed by atoms with E-state index in [2.05, 4.69) is 21.2 Å². The fourth-order valence-electron chi connectivity index (χ4n) is 2.43. The molecule has 2 rings (SSSR count). The average Bonchev–Trinajstić information content (AvgIpc) is 2.75. The van der Waals surface area contributed by atoms with Crippen molar-refractivity contribution in [1.29, 1.82) is 0 Å². The van der Waals surface area contributed by atoms with Crippen molar-refractivity contribution < 1.29 is 4.74 Å². The lowest BCUT2D eigenvalue weighted by atomic mass is 10.1. The lowest BCUT2D eigenvalue weighted by molar-refractivity contribution is 0.319. The fraction of sp³-hybridized carbons (Fsp3) is 0.571. The molecule has 0 aromatic heterocycles. The van der Waals surface area contributed by atoms with Gasteiger partial charge in [-0.2, -0.15) is 0 Å². The Morgan fingerprint density at radius 1 is 1.53 bits per heavy atom. The number of halogens is 1. The van der Waals surface area contributed by atoms with E-state index in [4.69, 9.17) is 22.1 Å². The van der Waals surface area contributed by atoms with Crippen LogP contribution in [0.2, 0.25) is 10.1 Å². The van der Waals surface area contributed by atoms with Crippen LogP contribution in [-0.2, 0) is 6.54 Å². The molecule has 1 aromatic rings. The summed E-state index contributed by atoms with van der Waals surface area (Å²) in [6.45, 7) is 6.20. The third-order valence-corrected chi connectivity index (χ3v) is 4.43. The Labute approximate surface area is 123 Å². The Morgan fingerprint density at radius 2 is 2.32 bits per heavy atom. The number of nitrogens with zero attached hydrogens (tertiary/aromatic N) is 1. The van der Waals surface area contributed by atoms with E-state index in [1.165, 1.54) is 5.56 Å². The standard InChI is InChI=1S/C14H20ClN2OSi/c1-2-18-13-4-3-11(7-12(13)15)8-17-6-5-14(19,9-16)10-17/h3-4,7H,2,5-6,8-10,16H2,1H3/t14-/m1/s1. The highest BCUT2D eigenvalue weighted by Crippen LogP contribution is 2.34. The summed E-state index contributed by atoms with van der Waals surface area (Å²) < 4.78 is 5.44. The fourth-order valence-corrected chi connectivity index (χ4v) is 3.03. The number of rotatable bonds is 5. The Kier molecular flexibility index (Phi) is 4.90. The lowest BCUT2D eigenvalue weighted by Crippen LogP contribution is -2.28. The van der Waals surface area contributed by atoms with E-state index in [1.54, 1.807) is 0 Å². The van der Waals surface area contributed by atoms with Gasteiger partial charge in [0.05, 0.1) is 11.6 Å². The highest BCUT2D eigenvalue weighted by molar-refractivity contribution is 6.32. The molecule has 0 amide bonds. The third kappa shape index (κ3) is 3.72. The van der Waals surface area contributed by atoms with Crippen LogP contribution in [0.25, 0.3) is 0 Å². The Morgan fingerprint density at radius 3 is 2.89 bits per heavy atom. The van der Waals surface area contributed by atoms with Crippen molar-refractivity contribution in [2.45, 2.75) is 24.9 Å². The zero-order valence-corrected chi connectivity index (χ0v) is 13.0. The van der Waals surface area contributed by atoms with Crippen molar-refractivity contribution in [1.82, 2.24) is 4.90 Å². The maximum absolute atomic E-state index is 6.20. The largest absolute Gasteiger partial charge is 0.492 e. The molecule has 19 heavy (non-hydrogen) atoms. The van der Waals surface area contributed by atoms with Crippen LogP contribution in [0.5, 0.6) is 5.75 Å². The van der Waals surface area contributed by atoms with Crippen LogP contribution in [0, 0.1) is 0 Å². The van der Waals surface area contributed by atoms with E-state index in [0.29, 0.717) is 18.2 Å². The van der Waals surface area contributed by atoms with Gasteiger partial charge in [-0.15, -0.1) is 0 Å². The van der Waals surface area contributed by atoms with Gasteiger partial charge in [0, 0.05) is 23.3 Å². The van der Waals surface area contributed by atoms with E-state index in [9.17, 15) is 0 Å². The first-order valence-corrected chi connectivity index (χ1v) is 7.53. The first-order chi connectivity index (χ1) is 9.06. The molecule has 103 valence electrons. The van der Waals surface area contributed by atoms with Gasteiger partial charge < -0.3 is 10.5 Å². The van der Waals surface area contributed by atoms with Gasteiger partial charge in [0.2, 0.25) is 0 Å². The predicted octanol–water partition coefficient (Wildman–Crippen LogP) is 2.23. The van der Waals surface area contributed by atoms with Crippen LogP contribution in [0.1, 0.15) is 18.9 Å². The first-order valence-electron chi connectivity index (χ1n) is 6.65. The summed E-state index contributed by atoms with van der Waals surface area (Å²) in [5, 5.41) is 0.761.